The summed E-state index contributed by atoms with van der Waals surface area (Å²) in [5.74, 6) is -0.00755. The van der Waals surface area contributed by atoms with Gasteiger partial charge in [0.25, 0.3) is 0 Å². The highest BCUT2D eigenvalue weighted by atomic mass is 16.2. The summed E-state index contributed by atoms with van der Waals surface area (Å²) in [4.78, 5) is 32.3. The van der Waals surface area contributed by atoms with E-state index in [1.165, 1.54) is 0 Å². The van der Waals surface area contributed by atoms with E-state index in [1.54, 1.807) is 25.2 Å². The molecule has 1 aliphatic heterocycles. The van der Waals surface area contributed by atoms with Gasteiger partial charge in [-0.25, -0.2) is 0 Å². The Hall–Kier alpha value is -1.91. The summed E-state index contributed by atoms with van der Waals surface area (Å²) in [6.07, 6.45) is 6.29. The summed E-state index contributed by atoms with van der Waals surface area (Å²) in [5, 5.41) is 0. The summed E-state index contributed by atoms with van der Waals surface area (Å²) in [6.45, 7) is 0.789. The van der Waals surface area contributed by atoms with E-state index in [4.69, 9.17) is 0 Å². The van der Waals surface area contributed by atoms with Crippen molar-refractivity contribution in [1.82, 2.24) is 14.8 Å². The molecule has 0 bridgehead atoms. The average molecular weight is 287 g/mol. The van der Waals surface area contributed by atoms with Gasteiger partial charge in [-0.05, 0) is 30.9 Å². The summed E-state index contributed by atoms with van der Waals surface area (Å²) >= 11 is 0. The van der Waals surface area contributed by atoms with Crippen LogP contribution < -0.4 is 0 Å². The SMILES string of the molecule is CN(C)C(=O)[C@@H]1C[C@@H]1C(=O)N1CCCC1c1cccnc1. The molecule has 21 heavy (non-hydrogen) atoms. The van der Waals surface area contributed by atoms with E-state index in [0.717, 1.165) is 24.9 Å². The molecule has 1 aromatic heterocycles. The van der Waals surface area contributed by atoms with Crippen molar-refractivity contribution in [3.8, 4) is 0 Å². The number of nitrogens with zero attached hydrogens (tertiary/aromatic N) is 3. The zero-order valence-corrected chi connectivity index (χ0v) is 12.5. The Labute approximate surface area is 124 Å². The Morgan fingerprint density at radius 2 is 2.14 bits per heavy atom. The van der Waals surface area contributed by atoms with Crippen LogP contribution in [0.4, 0.5) is 0 Å². The second-order valence-electron chi connectivity index (χ2n) is 6.16. The average Bonchev–Trinajstić information content (AvgIpc) is 3.14. The van der Waals surface area contributed by atoms with Crippen molar-refractivity contribution < 1.29 is 9.59 Å². The molecule has 0 N–H and O–H groups in total. The number of rotatable bonds is 3. The van der Waals surface area contributed by atoms with Gasteiger partial charge in [0, 0.05) is 33.0 Å². The number of hydrogen-bond donors (Lipinski definition) is 0. The Balaban J connectivity index is 1.69. The van der Waals surface area contributed by atoms with E-state index >= 15 is 0 Å². The number of carbonyl (C=O) groups excluding carboxylic acids is 2. The third-order valence-electron chi connectivity index (χ3n) is 4.47. The van der Waals surface area contributed by atoms with Crippen LogP contribution in [0.3, 0.4) is 0 Å². The van der Waals surface area contributed by atoms with Crippen LogP contribution >= 0.6 is 0 Å². The molecule has 1 aliphatic carbocycles. The molecule has 112 valence electrons. The van der Waals surface area contributed by atoms with Gasteiger partial charge in [0.1, 0.15) is 0 Å². The number of hydrogen-bond acceptors (Lipinski definition) is 3. The molecule has 2 fully saturated rings. The van der Waals surface area contributed by atoms with Gasteiger partial charge in [0.15, 0.2) is 0 Å². The number of likely N-dealkylation sites (tertiary alicyclic amines) is 1. The summed E-state index contributed by atoms with van der Waals surface area (Å²) < 4.78 is 0. The molecule has 2 heterocycles. The summed E-state index contributed by atoms with van der Waals surface area (Å²) in [5.41, 5.74) is 1.10. The molecule has 3 atom stereocenters. The van der Waals surface area contributed by atoms with Crippen molar-refractivity contribution in [1.29, 1.82) is 0 Å². The van der Waals surface area contributed by atoms with Crippen LogP contribution in [0.15, 0.2) is 24.5 Å². The highest BCUT2D eigenvalue weighted by Crippen LogP contribution is 2.44. The second-order valence-corrected chi connectivity index (χ2v) is 6.16. The lowest BCUT2D eigenvalue weighted by atomic mass is 10.1. The highest BCUT2D eigenvalue weighted by Gasteiger charge is 2.51. The van der Waals surface area contributed by atoms with E-state index in [-0.39, 0.29) is 29.7 Å². The van der Waals surface area contributed by atoms with Crippen LogP contribution in [-0.2, 0) is 9.59 Å². The molecule has 1 saturated heterocycles. The maximum atomic E-state index is 12.7. The fourth-order valence-electron chi connectivity index (χ4n) is 3.24. The van der Waals surface area contributed by atoms with Gasteiger partial charge in [0.2, 0.25) is 11.8 Å². The molecule has 0 aromatic carbocycles. The lowest BCUT2D eigenvalue weighted by molar-refractivity contribution is -0.137. The Bertz CT molecular complexity index is 544. The zero-order valence-electron chi connectivity index (χ0n) is 12.5. The van der Waals surface area contributed by atoms with Crippen LogP contribution in [-0.4, -0.2) is 47.2 Å². The van der Waals surface area contributed by atoms with Gasteiger partial charge in [0.05, 0.1) is 17.9 Å². The van der Waals surface area contributed by atoms with E-state index in [1.807, 2.05) is 23.2 Å². The number of carbonyl (C=O) groups is 2. The fourth-order valence-corrected chi connectivity index (χ4v) is 3.24. The second kappa shape index (κ2) is 5.47. The first-order valence-corrected chi connectivity index (χ1v) is 7.51. The van der Waals surface area contributed by atoms with Crippen LogP contribution in [0, 0.1) is 11.8 Å². The van der Waals surface area contributed by atoms with Gasteiger partial charge < -0.3 is 9.80 Å². The predicted octanol–water partition coefficient (Wildman–Crippen LogP) is 1.47. The zero-order chi connectivity index (χ0) is 15.0. The molecule has 1 saturated carbocycles. The molecule has 2 aliphatic rings. The maximum Gasteiger partial charge on any atom is 0.227 e. The predicted molar refractivity (Wildman–Crippen MR) is 78.2 cm³/mol. The maximum absolute atomic E-state index is 12.7. The van der Waals surface area contributed by atoms with Crippen molar-refractivity contribution in [3.63, 3.8) is 0 Å². The van der Waals surface area contributed by atoms with E-state index in [9.17, 15) is 9.59 Å². The van der Waals surface area contributed by atoms with Crippen molar-refractivity contribution in [2.45, 2.75) is 25.3 Å². The smallest absolute Gasteiger partial charge is 0.227 e. The van der Waals surface area contributed by atoms with Crippen molar-refractivity contribution in [2.24, 2.45) is 11.8 Å². The van der Waals surface area contributed by atoms with Gasteiger partial charge in [-0.2, -0.15) is 0 Å². The van der Waals surface area contributed by atoms with E-state index < -0.39 is 0 Å². The standard InChI is InChI=1S/C16H21N3O2/c1-18(2)15(20)12-9-13(12)16(21)19-8-4-6-14(19)11-5-3-7-17-10-11/h3,5,7,10,12-14H,4,6,8-9H2,1-2H3/t12-,13+,14?/m1/s1. The minimum atomic E-state index is -0.114. The molecule has 0 spiro atoms. The third kappa shape index (κ3) is 2.64. The monoisotopic (exact) mass is 287 g/mol. The first-order chi connectivity index (χ1) is 10.1. The van der Waals surface area contributed by atoms with E-state index in [0.29, 0.717) is 6.42 Å². The highest BCUT2D eigenvalue weighted by molar-refractivity contribution is 5.92. The van der Waals surface area contributed by atoms with Gasteiger partial charge >= 0.3 is 0 Å². The largest absolute Gasteiger partial charge is 0.349 e. The Morgan fingerprint density at radius 1 is 1.33 bits per heavy atom. The van der Waals surface area contributed by atoms with Crippen molar-refractivity contribution in [2.75, 3.05) is 20.6 Å². The third-order valence-corrected chi connectivity index (χ3v) is 4.47. The molecule has 1 aromatic rings. The summed E-state index contributed by atoms with van der Waals surface area (Å²) in [6, 6.07) is 4.06. The van der Waals surface area contributed by atoms with Crippen LogP contribution in [0.5, 0.6) is 0 Å². The fraction of sp³-hybridized carbons (Fsp3) is 0.562. The Kier molecular flexibility index (Phi) is 3.66. The quantitative estimate of drug-likeness (QED) is 0.846. The first kappa shape index (κ1) is 14.0. The van der Waals surface area contributed by atoms with Crippen LogP contribution in [0.2, 0.25) is 0 Å². The normalized spacial score (nSPS) is 27.5. The molecule has 1 unspecified atom stereocenters. The van der Waals surface area contributed by atoms with Crippen LogP contribution in [0.1, 0.15) is 30.9 Å². The van der Waals surface area contributed by atoms with Crippen molar-refractivity contribution >= 4 is 11.8 Å². The molecule has 2 amide bonds. The lowest BCUT2D eigenvalue weighted by Crippen LogP contribution is -2.34. The van der Waals surface area contributed by atoms with Gasteiger partial charge in [-0.3, -0.25) is 14.6 Å². The minimum absolute atomic E-state index is 0.0745. The molecule has 0 radical (unpaired) electrons. The van der Waals surface area contributed by atoms with Gasteiger partial charge in [-0.15, -0.1) is 0 Å². The number of amides is 2. The molecule has 5 heteroatoms. The number of aromatic nitrogens is 1. The molecule has 3 rings (SSSR count). The van der Waals surface area contributed by atoms with E-state index in [2.05, 4.69) is 4.98 Å². The molecule has 5 nitrogen and oxygen atoms in total. The van der Waals surface area contributed by atoms with Gasteiger partial charge in [-0.1, -0.05) is 6.07 Å². The minimum Gasteiger partial charge on any atom is -0.349 e. The number of pyridine rings is 1. The van der Waals surface area contributed by atoms with Crippen molar-refractivity contribution in [3.05, 3.63) is 30.1 Å². The molecular weight excluding hydrogens is 266 g/mol. The van der Waals surface area contributed by atoms with Crippen LogP contribution in [0.25, 0.3) is 0 Å². The molecular formula is C16H21N3O2. The summed E-state index contributed by atoms with van der Waals surface area (Å²) in [7, 11) is 3.49. The lowest BCUT2D eigenvalue weighted by Gasteiger charge is -2.25. The Morgan fingerprint density at radius 3 is 2.81 bits per heavy atom. The topological polar surface area (TPSA) is 53.5 Å². The first-order valence-electron chi connectivity index (χ1n) is 7.51.